The lowest BCUT2D eigenvalue weighted by Crippen LogP contribution is -2.47. The highest BCUT2D eigenvalue weighted by Gasteiger charge is 2.20. The van der Waals surface area contributed by atoms with Gasteiger partial charge < -0.3 is 9.80 Å². The second-order valence-electron chi connectivity index (χ2n) is 7.97. The van der Waals surface area contributed by atoms with Crippen molar-refractivity contribution in [3.8, 4) is 0 Å². The number of nitrogens with zero attached hydrogens (tertiary/aromatic N) is 3. The van der Waals surface area contributed by atoms with E-state index in [1.165, 1.54) is 5.69 Å². The molecule has 0 bridgehead atoms. The number of para-hydroxylation sites is 2. The number of carbonyl (C=O) groups excluding carboxylic acids is 1. The van der Waals surface area contributed by atoms with E-state index in [-0.39, 0.29) is 5.78 Å². The molecular formula is C28H25N3O. The molecule has 158 valence electrons. The summed E-state index contributed by atoms with van der Waals surface area (Å²) in [5, 5.41) is 1.07. The molecule has 5 rings (SSSR count). The summed E-state index contributed by atoms with van der Waals surface area (Å²) in [5.41, 5.74) is 3.89. The van der Waals surface area contributed by atoms with Crippen LogP contribution in [-0.2, 0) is 0 Å². The van der Waals surface area contributed by atoms with Crippen molar-refractivity contribution >= 4 is 34.3 Å². The predicted molar refractivity (Wildman–Crippen MR) is 132 cm³/mol. The first-order chi connectivity index (χ1) is 15.8. The van der Waals surface area contributed by atoms with Gasteiger partial charge in [0.25, 0.3) is 0 Å². The molecule has 0 saturated carbocycles. The summed E-state index contributed by atoms with van der Waals surface area (Å²) >= 11 is 0. The van der Waals surface area contributed by atoms with Crippen molar-refractivity contribution < 1.29 is 4.79 Å². The molecule has 0 amide bonds. The Balaban J connectivity index is 1.43. The molecule has 1 aliphatic rings. The fraction of sp³-hybridized carbons (Fsp3) is 0.143. The van der Waals surface area contributed by atoms with Gasteiger partial charge in [-0.2, -0.15) is 0 Å². The van der Waals surface area contributed by atoms with Crippen molar-refractivity contribution in [1.29, 1.82) is 0 Å². The molecule has 4 aromatic rings. The van der Waals surface area contributed by atoms with Crippen LogP contribution in [0.4, 0.5) is 11.5 Å². The summed E-state index contributed by atoms with van der Waals surface area (Å²) in [4.78, 5) is 22.4. The molecule has 1 aliphatic heterocycles. The molecule has 0 spiro atoms. The van der Waals surface area contributed by atoms with E-state index in [0.717, 1.165) is 48.5 Å². The number of hydrogen-bond donors (Lipinski definition) is 0. The van der Waals surface area contributed by atoms with Crippen molar-refractivity contribution in [2.45, 2.75) is 0 Å². The molecule has 0 unspecified atom stereocenters. The SMILES string of the molecule is O=C(/C=C/c1cc2ccccc2nc1N1CCN(c2ccccc2)CC1)c1ccccc1. The van der Waals surface area contributed by atoms with Crippen LogP contribution in [0.25, 0.3) is 17.0 Å². The normalized spacial score (nSPS) is 14.2. The highest BCUT2D eigenvalue weighted by molar-refractivity contribution is 6.07. The molecule has 0 aliphatic carbocycles. The second kappa shape index (κ2) is 9.06. The lowest BCUT2D eigenvalue weighted by atomic mass is 10.1. The van der Waals surface area contributed by atoms with Crippen molar-refractivity contribution in [2.24, 2.45) is 0 Å². The molecule has 2 heterocycles. The van der Waals surface area contributed by atoms with E-state index in [0.29, 0.717) is 5.56 Å². The smallest absolute Gasteiger partial charge is 0.185 e. The van der Waals surface area contributed by atoms with Crippen molar-refractivity contribution in [2.75, 3.05) is 36.0 Å². The van der Waals surface area contributed by atoms with E-state index in [1.54, 1.807) is 6.08 Å². The number of aromatic nitrogens is 1. The number of fused-ring (bicyclic) bond motifs is 1. The zero-order valence-electron chi connectivity index (χ0n) is 17.9. The van der Waals surface area contributed by atoms with Crippen LogP contribution in [0.5, 0.6) is 0 Å². The van der Waals surface area contributed by atoms with Crippen molar-refractivity contribution in [1.82, 2.24) is 4.98 Å². The molecule has 4 heteroatoms. The third-order valence-electron chi connectivity index (χ3n) is 5.91. The number of benzene rings is 3. The standard InChI is InChI=1S/C28H25N3O/c32-27(22-9-3-1-4-10-22)16-15-24-21-23-11-7-8-14-26(23)29-28(24)31-19-17-30(18-20-31)25-12-5-2-6-13-25/h1-16,21H,17-20H2/b16-15+. The van der Waals surface area contributed by atoms with Crippen LogP contribution in [0.15, 0.2) is 97.1 Å². The minimum atomic E-state index is -0.00129. The number of pyridine rings is 1. The maximum atomic E-state index is 12.6. The van der Waals surface area contributed by atoms with Gasteiger partial charge in [0.1, 0.15) is 5.82 Å². The molecule has 0 atom stereocenters. The largest absolute Gasteiger partial charge is 0.368 e. The van der Waals surface area contributed by atoms with Gasteiger partial charge in [-0.15, -0.1) is 0 Å². The van der Waals surface area contributed by atoms with E-state index < -0.39 is 0 Å². The van der Waals surface area contributed by atoms with E-state index in [4.69, 9.17) is 4.98 Å². The van der Waals surface area contributed by atoms with Gasteiger partial charge in [0, 0.05) is 48.4 Å². The summed E-state index contributed by atoms with van der Waals surface area (Å²) in [6.45, 7) is 3.64. The van der Waals surface area contributed by atoms with Crippen molar-refractivity contribution in [3.63, 3.8) is 0 Å². The summed E-state index contributed by atoms with van der Waals surface area (Å²) in [6.07, 6.45) is 3.57. The van der Waals surface area contributed by atoms with Gasteiger partial charge in [-0.05, 0) is 36.4 Å². The Kier molecular flexibility index (Phi) is 5.67. The fourth-order valence-corrected chi connectivity index (χ4v) is 4.18. The highest BCUT2D eigenvalue weighted by Crippen LogP contribution is 2.27. The highest BCUT2D eigenvalue weighted by atomic mass is 16.1. The number of carbonyl (C=O) groups is 1. The first kappa shape index (κ1) is 20.0. The fourth-order valence-electron chi connectivity index (χ4n) is 4.18. The quantitative estimate of drug-likeness (QED) is 0.318. The number of piperazine rings is 1. The van der Waals surface area contributed by atoms with Crippen molar-refractivity contribution in [3.05, 3.63) is 108 Å². The molecule has 1 aromatic heterocycles. The molecule has 0 radical (unpaired) electrons. The lowest BCUT2D eigenvalue weighted by molar-refractivity contribution is 0.104. The average molecular weight is 420 g/mol. The summed E-state index contributed by atoms with van der Waals surface area (Å²) in [6, 6.07) is 30.2. The number of ketones is 1. The molecule has 4 nitrogen and oxygen atoms in total. The topological polar surface area (TPSA) is 36.4 Å². The maximum absolute atomic E-state index is 12.6. The van der Waals surface area contributed by atoms with E-state index in [2.05, 4.69) is 46.2 Å². The van der Waals surface area contributed by atoms with Gasteiger partial charge in [-0.3, -0.25) is 4.79 Å². The molecule has 32 heavy (non-hydrogen) atoms. The Hall–Kier alpha value is -3.92. The second-order valence-corrected chi connectivity index (χ2v) is 7.97. The molecule has 1 fully saturated rings. The van der Waals surface area contributed by atoms with Gasteiger partial charge in [-0.25, -0.2) is 4.98 Å². The Bertz CT molecular complexity index is 1240. The van der Waals surface area contributed by atoms with Gasteiger partial charge in [0.05, 0.1) is 5.52 Å². The average Bonchev–Trinajstić information content (AvgIpc) is 2.88. The van der Waals surface area contributed by atoms with Crippen LogP contribution >= 0.6 is 0 Å². The number of allylic oxidation sites excluding steroid dienone is 1. The first-order valence-corrected chi connectivity index (χ1v) is 11.0. The minimum absolute atomic E-state index is 0.00129. The van der Waals surface area contributed by atoms with E-state index in [1.807, 2.05) is 60.7 Å². The minimum Gasteiger partial charge on any atom is -0.368 e. The summed E-state index contributed by atoms with van der Waals surface area (Å²) in [5.74, 6) is 0.937. The Morgan fingerprint density at radius 2 is 1.38 bits per heavy atom. The monoisotopic (exact) mass is 419 g/mol. The first-order valence-electron chi connectivity index (χ1n) is 11.0. The Morgan fingerprint density at radius 1 is 0.750 bits per heavy atom. The molecule has 1 saturated heterocycles. The number of rotatable bonds is 5. The molecule has 0 N–H and O–H groups in total. The summed E-state index contributed by atoms with van der Waals surface area (Å²) < 4.78 is 0. The summed E-state index contributed by atoms with van der Waals surface area (Å²) in [7, 11) is 0. The van der Waals surface area contributed by atoms with Crippen LogP contribution in [0.2, 0.25) is 0 Å². The molecular weight excluding hydrogens is 394 g/mol. The van der Waals surface area contributed by atoms with Crippen LogP contribution in [0, 0.1) is 0 Å². The van der Waals surface area contributed by atoms with E-state index in [9.17, 15) is 4.79 Å². The van der Waals surface area contributed by atoms with Crippen LogP contribution in [-0.4, -0.2) is 36.9 Å². The third kappa shape index (κ3) is 4.26. The zero-order chi connectivity index (χ0) is 21.8. The maximum Gasteiger partial charge on any atom is 0.185 e. The number of anilines is 2. The lowest BCUT2D eigenvalue weighted by Gasteiger charge is -2.37. The van der Waals surface area contributed by atoms with Gasteiger partial charge in [-0.1, -0.05) is 66.7 Å². The molecule has 3 aromatic carbocycles. The van der Waals surface area contributed by atoms with Crippen LogP contribution in [0.3, 0.4) is 0 Å². The van der Waals surface area contributed by atoms with Gasteiger partial charge in [0.15, 0.2) is 5.78 Å². The zero-order valence-corrected chi connectivity index (χ0v) is 17.9. The van der Waals surface area contributed by atoms with Gasteiger partial charge >= 0.3 is 0 Å². The van der Waals surface area contributed by atoms with E-state index >= 15 is 0 Å². The third-order valence-corrected chi connectivity index (χ3v) is 5.91. The van der Waals surface area contributed by atoms with Crippen LogP contribution in [0.1, 0.15) is 15.9 Å². The number of hydrogen-bond acceptors (Lipinski definition) is 4. The predicted octanol–water partition coefficient (Wildman–Crippen LogP) is 5.46. The van der Waals surface area contributed by atoms with Gasteiger partial charge in [0.2, 0.25) is 0 Å². The Morgan fingerprint density at radius 3 is 2.12 bits per heavy atom. The Labute approximate surface area is 188 Å². The van der Waals surface area contributed by atoms with Crippen LogP contribution < -0.4 is 9.80 Å².